The molecule has 0 unspecified atom stereocenters. The van der Waals surface area contributed by atoms with Gasteiger partial charge in [0.1, 0.15) is 11.6 Å². The first kappa shape index (κ1) is 12.5. The summed E-state index contributed by atoms with van der Waals surface area (Å²) in [4.78, 5) is 8.61. The van der Waals surface area contributed by atoms with E-state index in [9.17, 15) is 4.39 Å². The van der Waals surface area contributed by atoms with E-state index in [1.807, 2.05) is 19.9 Å². The van der Waals surface area contributed by atoms with Gasteiger partial charge in [0.25, 0.3) is 0 Å². The summed E-state index contributed by atoms with van der Waals surface area (Å²) in [6, 6.07) is 6.64. The van der Waals surface area contributed by atoms with Crippen LogP contribution >= 0.6 is 0 Å². The van der Waals surface area contributed by atoms with Gasteiger partial charge >= 0.3 is 0 Å². The average Bonchev–Trinajstić information content (AvgIpc) is 2.34. The molecule has 1 aromatic carbocycles. The molecule has 0 amide bonds. The first-order valence-corrected chi connectivity index (χ1v) is 5.94. The second kappa shape index (κ2) is 5.58. The highest BCUT2D eigenvalue weighted by molar-refractivity contribution is 5.39. The number of nitrogens with one attached hydrogen (secondary N) is 1. The van der Waals surface area contributed by atoms with Crippen LogP contribution in [0, 0.1) is 19.7 Å². The Morgan fingerprint density at radius 1 is 1.28 bits per heavy atom. The molecule has 0 aliphatic carbocycles. The van der Waals surface area contributed by atoms with Crippen molar-refractivity contribution in [2.75, 3.05) is 11.9 Å². The van der Waals surface area contributed by atoms with Gasteiger partial charge in [-0.25, -0.2) is 9.37 Å². The second-order valence-electron chi connectivity index (χ2n) is 4.25. The monoisotopic (exact) mass is 245 g/mol. The number of hydrogen-bond acceptors (Lipinski definition) is 3. The lowest BCUT2D eigenvalue weighted by molar-refractivity contribution is 0.625. The fraction of sp³-hybridized carbons (Fsp3) is 0.286. The molecule has 2 aromatic rings. The zero-order valence-electron chi connectivity index (χ0n) is 10.6. The van der Waals surface area contributed by atoms with Crippen LogP contribution in [0.15, 0.2) is 30.5 Å². The quantitative estimate of drug-likeness (QED) is 0.900. The van der Waals surface area contributed by atoms with Gasteiger partial charge in [0.15, 0.2) is 0 Å². The molecule has 1 N–H and O–H groups in total. The Morgan fingerprint density at radius 2 is 2.11 bits per heavy atom. The van der Waals surface area contributed by atoms with Gasteiger partial charge in [-0.05, 0) is 38.0 Å². The molecule has 1 heterocycles. The molecule has 0 bridgehead atoms. The molecule has 0 atom stereocenters. The molecule has 0 saturated carbocycles. The van der Waals surface area contributed by atoms with Gasteiger partial charge in [-0.15, -0.1) is 0 Å². The number of anilines is 1. The average molecular weight is 245 g/mol. The van der Waals surface area contributed by atoms with Crippen LogP contribution in [0.5, 0.6) is 0 Å². The van der Waals surface area contributed by atoms with Crippen molar-refractivity contribution in [3.05, 3.63) is 53.2 Å². The molecule has 18 heavy (non-hydrogen) atoms. The first-order chi connectivity index (χ1) is 8.65. The molecule has 94 valence electrons. The van der Waals surface area contributed by atoms with E-state index in [4.69, 9.17) is 0 Å². The molecule has 0 saturated heterocycles. The highest BCUT2D eigenvalue weighted by Gasteiger charge is 2.01. The van der Waals surface area contributed by atoms with Crippen LogP contribution in [0.4, 0.5) is 10.2 Å². The van der Waals surface area contributed by atoms with E-state index in [0.717, 1.165) is 29.2 Å². The fourth-order valence-corrected chi connectivity index (χ4v) is 1.72. The molecular formula is C14H16FN3. The molecule has 4 heteroatoms. The summed E-state index contributed by atoms with van der Waals surface area (Å²) in [6.07, 6.45) is 2.50. The summed E-state index contributed by atoms with van der Waals surface area (Å²) >= 11 is 0. The van der Waals surface area contributed by atoms with E-state index in [1.54, 1.807) is 18.3 Å². The largest absolute Gasteiger partial charge is 0.368 e. The lowest BCUT2D eigenvalue weighted by atomic mass is 10.1. The summed E-state index contributed by atoms with van der Waals surface area (Å²) in [6.45, 7) is 4.53. The molecular weight excluding hydrogens is 229 g/mol. The number of rotatable bonds is 4. The number of nitrogens with zero attached hydrogens (tertiary/aromatic N) is 2. The van der Waals surface area contributed by atoms with Crippen LogP contribution in [0.3, 0.4) is 0 Å². The van der Waals surface area contributed by atoms with E-state index in [0.29, 0.717) is 6.54 Å². The van der Waals surface area contributed by atoms with Gasteiger partial charge in [0.05, 0.1) is 11.4 Å². The third-order valence-corrected chi connectivity index (χ3v) is 2.67. The predicted molar refractivity (Wildman–Crippen MR) is 70.1 cm³/mol. The maximum atomic E-state index is 13.0. The smallest absolute Gasteiger partial charge is 0.147 e. The van der Waals surface area contributed by atoms with E-state index in [2.05, 4.69) is 15.3 Å². The number of hydrogen-bond donors (Lipinski definition) is 1. The normalized spacial score (nSPS) is 10.4. The second-order valence-corrected chi connectivity index (χ2v) is 4.25. The van der Waals surface area contributed by atoms with Crippen molar-refractivity contribution < 1.29 is 4.39 Å². The minimum absolute atomic E-state index is 0.195. The van der Waals surface area contributed by atoms with E-state index < -0.39 is 0 Å². The van der Waals surface area contributed by atoms with E-state index in [-0.39, 0.29) is 5.82 Å². The Hall–Kier alpha value is -1.97. The van der Waals surface area contributed by atoms with Crippen LogP contribution in [0.25, 0.3) is 0 Å². The third-order valence-electron chi connectivity index (χ3n) is 2.67. The minimum Gasteiger partial charge on any atom is -0.368 e. The fourth-order valence-electron chi connectivity index (χ4n) is 1.72. The van der Waals surface area contributed by atoms with Crippen molar-refractivity contribution in [2.45, 2.75) is 20.3 Å². The topological polar surface area (TPSA) is 37.8 Å². The van der Waals surface area contributed by atoms with Crippen molar-refractivity contribution >= 4 is 5.82 Å². The van der Waals surface area contributed by atoms with Crippen LogP contribution < -0.4 is 5.32 Å². The SMILES string of the molecule is Cc1cnc(C)c(NCCc2cccc(F)c2)n1. The van der Waals surface area contributed by atoms with Gasteiger partial charge in [0.2, 0.25) is 0 Å². The van der Waals surface area contributed by atoms with Gasteiger partial charge in [-0.3, -0.25) is 4.98 Å². The zero-order valence-corrected chi connectivity index (χ0v) is 10.6. The minimum atomic E-state index is -0.195. The van der Waals surface area contributed by atoms with Crippen LogP contribution in [-0.4, -0.2) is 16.5 Å². The van der Waals surface area contributed by atoms with Crippen molar-refractivity contribution in [2.24, 2.45) is 0 Å². The van der Waals surface area contributed by atoms with Crippen LogP contribution in [-0.2, 0) is 6.42 Å². The number of aryl methyl sites for hydroxylation is 2. The summed E-state index contributed by atoms with van der Waals surface area (Å²) < 4.78 is 13.0. The van der Waals surface area contributed by atoms with Crippen molar-refractivity contribution in [3.63, 3.8) is 0 Å². The molecule has 0 spiro atoms. The first-order valence-electron chi connectivity index (χ1n) is 5.94. The lowest BCUT2D eigenvalue weighted by Gasteiger charge is -2.08. The van der Waals surface area contributed by atoms with Gasteiger partial charge in [-0.1, -0.05) is 12.1 Å². The Balaban J connectivity index is 1.94. The van der Waals surface area contributed by atoms with Crippen molar-refractivity contribution in [1.29, 1.82) is 0 Å². The molecule has 0 aliphatic heterocycles. The highest BCUT2D eigenvalue weighted by atomic mass is 19.1. The Labute approximate surface area is 106 Å². The molecule has 0 aliphatic rings. The van der Waals surface area contributed by atoms with E-state index in [1.165, 1.54) is 6.07 Å². The molecule has 0 radical (unpaired) electrons. The highest BCUT2D eigenvalue weighted by Crippen LogP contribution is 2.09. The maximum absolute atomic E-state index is 13.0. The van der Waals surface area contributed by atoms with E-state index >= 15 is 0 Å². The zero-order chi connectivity index (χ0) is 13.0. The number of benzene rings is 1. The third kappa shape index (κ3) is 3.26. The molecule has 1 aromatic heterocycles. The van der Waals surface area contributed by atoms with Gasteiger partial charge in [0, 0.05) is 12.7 Å². The lowest BCUT2D eigenvalue weighted by Crippen LogP contribution is -2.09. The molecule has 0 fully saturated rings. The Morgan fingerprint density at radius 3 is 2.89 bits per heavy atom. The van der Waals surface area contributed by atoms with Crippen LogP contribution in [0.2, 0.25) is 0 Å². The standard InChI is InChI=1S/C14H16FN3/c1-10-9-17-11(2)14(18-10)16-7-6-12-4-3-5-13(15)8-12/h3-5,8-9H,6-7H2,1-2H3,(H,16,18). The van der Waals surface area contributed by atoms with Crippen molar-refractivity contribution in [1.82, 2.24) is 9.97 Å². The Kier molecular flexibility index (Phi) is 3.87. The molecule has 3 nitrogen and oxygen atoms in total. The summed E-state index contributed by atoms with van der Waals surface area (Å²) in [7, 11) is 0. The van der Waals surface area contributed by atoms with Gasteiger partial charge in [-0.2, -0.15) is 0 Å². The predicted octanol–water partition coefficient (Wildman–Crippen LogP) is 2.89. The van der Waals surface area contributed by atoms with Crippen molar-refractivity contribution in [3.8, 4) is 0 Å². The van der Waals surface area contributed by atoms with Crippen LogP contribution in [0.1, 0.15) is 17.0 Å². The van der Waals surface area contributed by atoms with Gasteiger partial charge < -0.3 is 5.32 Å². The summed E-state index contributed by atoms with van der Waals surface area (Å²) in [5, 5.41) is 3.23. The summed E-state index contributed by atoms with van der Waals surface area (Å²) in [5.41, 5.74) is 2.73. The Bertz CT molecular complexity index is 540. The number of halogens is 1. The number of aromatic nitrogens is 2. The maximum Gasteiger partial charge on any atom is 0.147 e. The molecule has 2 rings (SSSR count). The summed E-state index contributed by atoms with van der Waals surface area (Å²) in [5.74, 6) is 0.602.